The van der Waals surface area contributed by atoms with Crippen molar-refractivity contribution in [2.75, 3.05) is 13.1 Å². The normalized spacial score (nSPS) is 13.2. The van der Waals surface area contributed by atoms with Crippen LogP contribution in [-0.4, -0.2) is 46.6 Å². The predicted octanol–water partition coefficient (Wildman–Crippen LogP) is 1.48. The zero-order chi connectivity index (χ0) is 14.3. The van der Waals surface area contributed by atoms with Crippen molar-refractivity contribution in [2.24, 2.45) is 0 Å². The van der Waals surface area contributed by atoms with Crippen LogP contribution in [0.2, 0.25) is 0 Å². The highest BCUT2D eigenvalue weighted by Crippen LogP contribution is 2.06. The molecule has 1 atom stereocenters. The van der Waals surface area contributed by atoms with Gasteiger partial charge >= 0.3 is 5.97 Å². The molecule has 1 amide bonds. The molecule has 2 N–H and O–H groups in total. The average Bonchev–Trinajstić information content (AvgIpc) is 2.22. The van der Waals surface area contributed by atoms with E-state index in [9.17, 15) is 9.59 Å². The minimum atomic E-state index is -0.965. The maximum absolute atomic E-state index is 12.0. The molecule has 0 radical (unpaired) electrons. The van der Waals surface area contributed by atoms with Crippen molar-refractivity contribution < 1.29 is 14.7 Å². The number of carboxylic acid groups (broad SMARTS) is 1. The highest BCUT2D eigenvalue weighted by Gasteiger charge is 2.21. The van der Waals surface area contributed by atoms with Crippen LogP contribution in [-0.2, 0) is 9.59 Å². The van der Waals surface area contributed by atoms with Gasteiger partial charge in [0, 0.05) is 24.5 Å². The summed E-state index contributed by atoms with van der Waals surface area (Å²) in [4.78, 5) is 24.2. The van der Waals surface area contributed by atoms with E-state index in [1.807, 2.05) is 34.6 Å². The molecule has 18 heavy (non-hydrogen) atoms. The molecule has 0 saturated heterocycles. The summed E-state index contributed by atoms with van der Waals surface area (Å²) in [5.74, 6) is -1.07. The first-order valence-corrected chi connectivity index (χ1v) is 6.43. The monoisotopic (exact) mass is 258 g/mol. The van der Waals surface area contributed by atoms with Gasteiger partial charge in [0.05, 0.1) is 0 Å². The van der Waals surface area contributed by atoms with E-state index < -0.39 is 5.97 Å². The number of carboxylic acids is 1. The topological polar surface area (TPSA) is 69.6 Å². The number of nitrogens with one attached hydrogen (secondary N) is 1. The van der Waals surface area contributed by atoms with Crippen LogP contribution in [0.1, 0.15) is 47.5 Å². The van der Waals surface area contributed by atoms with Gasteiger partial charge in [-0.15, -0.1) is 0 Å². The molecule has 5 nitrogen and oxygen atoms in total. The summed E-state index contributed by atoms with van der Waals surface area (Å²) in [6.07, 6.45) is 1.08. The van der Waals surface area contributed by atoms with Crippen molar-refractivity contribution in [3.8, 4) is 0 Å². The molecule has 0 aliphatic heterocycles. The number of aliphatic carboxylic acids is 1. The first kappa shape index (κ1) is 16.9. The molecule has 0 aliphatic rings. The first-order valence-electron chi connectivity index (χ1n) is 6.43. The van der Waals surface area contributed by atoms with Crippen LogP contribution >= 0.6 is 0 Å². The Balaban J connectivity index is 4.34. The van der Waals surface area contributed by atoms with E-state index in [4.69, 9.17) is 5.11 Å². The SMILES string of the molecule is CCC(C)N(CC(=O)O)C(=O)CCNC(C)(C)C. The van der Waals surface area contributed by atoms with Crippen molar-refractivity contribution in [3.63, 3.8) is 0 Å². The van der Waals surface area contributed by atoms with E-state index in [-0.39, 0.29) is 24.0 Å². The Hall–Kier alpha value is -1.10. The summed E-state index contributed by atoms with van der Waals surface area (Å²) in [6, 6.07) is -0.0387. The summed E-state index contributed by atoms with van der Waals surface area (Å²) in [5, 5.41) is 12.0. The molecule has 1 unspecified atom stereocenters. The summed E-state index contributed by atoms with van der Waals surface area (Å²) in [6.45, 7) is 10.2. The van der Waals surface area contributed by atoms with E-state index in [0.717, 1.165) is 6.42 Å². The van der Waals surface area contributed by atoms with Crippen LogP contribution in [0.3, 0.4) is 0 Å². The molecule has 0 heterocycles. The van der Waals surface area contributed by atoms with Gasteiger partial charge in [0.2, 0.25) is 5.91 Å². The third kappa shape index (κ3) is 7.27. The van der Waals surface area contributed by atoms with Gasteiger partial charge < -0.3 is 15.3 Å². The fourth-order valence-corrected chi connectivity index (χ4v) is 1.54. The van der Waals surface area contributed by atoms with Crippen molar-refractivity contribution in [2.45, 2.75) is 59.0 Å². The standard InChI is InChI=1S/C13H26N2O3/c1-6-10(2)15(9-12(17)18)11(16)7-8-14-13(3,4)5/h10,14H,6-9H2,1-5H3,(H,17,18). The van der Waals surface area contributed by atoms with Crippen LogP contribution in [0.4, 0.5) is 0 Å². The van der Waals surface area contributed by atoms with Crippen LogP contribution < -0.4 is 5.32 Å². The number of hydrogen-bond donors (Lipinski definition) is 2. The van der Waals surface area contributed by atoms with E-state index in [1.54, 1.807) is 0 Å². The second-order valence-corrected chi connectivity index (χ2v) is 5.60. The van der Waals surface area contributed by atoms with Crippen LogP contribution in [0.15, 0.2) is 0 Å². The molecular formula is C13H26N2O3. The predicted molar refractivity (Wildman–Crippen MR) is 71.5 cm³/mol. The third-order valence-electron chi connectivity index (χ3n) is 2.74. The molecule has 0 bridgehead atoms. The van der Waals surface area contributed by atoms with Gasteiger partial charge in [-0.05, 0) is 34.1 Å². The number of hydrogen-bond acceptors (Lipinski definition) is 3. The van der Waals surface area contributed by atoms with Gasteiger partial charge in [0.15, 0.2) is 0 Å². The van der Waals surface area contributed by atoms with Crippen molar-refractivity contribution in [1.82, 2.24) is 10.2 Å². The Kier molecular flexibility index (Phi) is 6.91. The molecular weight excluding hydrogens is 232 g/mol. The zero-order valence-electron chi connectivity index (χ0n) is 12.1. The fourth-order valence-electron chi connectivity index (χ4n) is 1.54. The minimum absolute atomic E-state index is 0.0335. The van der Waals surface area contributed by atoms with Crippen molar-refractivity contribution in [1.29, 1.82) is 0 Å². The van der Waals surface area contributed by atoms with Crippen LogP contribution in [0.25, 0.3) is 0 Å². The molecule has 5 heteroatoms. The Morgan fingerprint density at radius 2 is 1.89 bits per heavy atom. The molecule has 0 saturated carbocycles. The number of nitrogens with zero attached hydrogens (tertiary/aromatic N) is 1. The zero-order valence-corrected chi connectivity index (χ0v) is 12.1. The Morgan fingerprint density at radius 1 is 1.33 bits per heavy atom. The summed E-state index contributed by atoms with van der Waals surface area (Å²) >= 11 is 0. The molecule has 0 spiro atoms. The van der Waals surface area contributed by atoms with Gasteiger partial charge in [-0.25, -0.2) is 0 Å². The van der Waals surface area contributed by atoms with Crippen LogP contribution in [0, 0.1) is 0 Å². The molecule has 0 fully saturated rings. The fraction of sp³-hybridized carbons (Fsp3) is 0.846. The van der Waals surface area contributed by atoms with Gasteiger partial charge in [-0.2, -0.15) is 0 Å². The number of carbonyl (C=O) groups excluding carboxylic acids is 1. The molecule has 0 aromatic heterocycles. The van der Waals surface area contributed by atoms with Gasteiger partial charge in [-0.3, -0.25) is 9.59 Å². The minimum Gasteiger partial charge on any atom is -0.480 e. The van der Waals surface area contributed by atoms with Gasteiger partial charge in [0.25, 0.3) is 0 Å². The first-order chi connectivity index (χ1) is 8.17. The Labute approximate surface area is 110 Å². The lowest BCUT2D eigenvalue weighted by atomic mass is 10.1. The van der Waals surface area contributed by atoms with Crippen molar-refractivity contribution >= 4 is 11.9 Å². The number of rotatable bonds is 7. The maximum atomic E-state index is 12.0. The van der Waals surface area contributed by atoms with Crippen molar-refractivity contribution in [3.05, 3.63) is 0 Å². The highest BCUT2D eigenvalue weighted by molar-refractivity contribution is 5.81. The summed E-state index contributed by atoms with van der Waals surface area (Å²) in [5.41, 5.74) is -0.0335. The number of carbonyl (C=O) groups is 2. The smallest absolute Gasteiger partial charge is 0.323 e. The third-order valence-corrected chi connectivity index (χ3v) is 2.74. The quantitative estimate of drug-likeness (QED) is 0.725. The lowest BCUT2D eigenvalue weighted by molar-refractivity contribution is -0.146. The van der Waals surface area contributed by atoms with E-state index in [1.165, 1.54) is 4.90 Å². The maximum Gasteiger partial charge on any atom is 0.323 e. The lowest BCUT2D eigenvalue weighted by Gasteiger charge is -2.28. The molecule has 0 rings (SSSR count). The van der Waals surface area contributed by atoms with Crippen LogP contribution in [0.5, 0.6) is 0 Å². The lowest BCUT2D eigenvalue weighted by Crippen LogP contribution is -2.44. The highest BCUT2D eigenvalue weighted by atomic mass is 16.4. The summed E-state index contributed by atoms with van der Waals surface area (Å²) < 4.78 is 0. The van der Waals surface area contributed by atoms with Gasteiger partial charge in [-0.1, -0.05) is 6.92 Å². The number of amides is 1. The summed E-state index contributed by atoms with van der Waals surface area (Å²) in [7, 11) is 0. The second-order valence-electron chi connectivity index (χ2n) is 5.60. The van der Waals surface area contributed by atoms with E-state index in [2.05, 4.69) is 5.32 Å². The molecule has 106 valence electrons. The average molecular weight is 258 g/mol. The largest absolute Gasteiger partial charge is 0.480 e. The Morgan fingerprint density at radius 3 is 2.28 bits per heavy atom. The van der Waals surface area contributed by atoms with E-state index in [0.29, 0.717) is 13.0 Å². The molecule has 0 aromatic rings. The van der Waals surface area contributed by atoms with E-state index >= 15 is 0 Å². The molecule has 0 aliphatic carbocycles. The second kappa shape index (κ2) is 7.36. The van der Waals surface area contributed by atoms with Gasteiger partial charge in [0.1, 0.15) is 6.54 Å². The molecule has 0 aromatic carbocycles. The Bertz CT molecular complexity index is 284.